The van der Waals surface area contributed by atoms with Crippen LogP contribution in [0.25, 0.3) is 10.8 Å². The minimum atomic E-state index is -0.627. The lowest BCUT2D eigenvalue weighted by Gasteiger charge is -2.30. The Bertz CT molecular complexity index is 899. The SMILES string of the molecule is O=Cc1ccc2cccc3c2c1C(=O)N3C1CCC(=O)CC1=O. The number of carbonyl (C=O) groups excluding carboxylic acids is 4. The third-order valence-corrected chi connectivity index (χ3v) is 4.63. The summed E-state index contributed by atoms with van der Waals surface area (Å²) in [5, 5.41) is 1.57. The number of amides is 1. The van der Waals surface area contributed by atoms with Gasteiger partial charge in [-0.15, -0.1) is 0 Å². The predicted molar refractivity (Wildman–Crippen MR) is 83.8 cm³/mol. The lowest BCUT2D eigenvalue weighted by molar-refractivity contribution is -0.130. The number of ketones is 2. The van der Waals surface area contributed by atoms with Gasteiger partial charge in [0.2, 0.25) is 0 Å². The summed E-state index contributed by atoms with van der Waals surface area (Å²) < 4.78 is 0. The molecule has 1 atom stereocenters. The Morgan fingerprint density at radius 1 is 1.09 bits per heavy atom. The molecule has 1 fully saturated rings. The summed E-state index contributed by atoms with van der Waals surface area (Å²) in [5.74, 6) is -0.638. The van der Waals surface area contributed by atoms with Crippen molar-refractivity contribution in [3.8, 4) is 0 Å². The highest BCUT2D eigenvalue weighted by Gasteiger charge is 2.41. The fourth-order valence-electron chi connectivity index (χ4n) is 3.58. The number of rotatable bonds is 2. The Balaban J connectivity index is 1.91. The molecule has 0 saturated heterocycles. The van der Waals surface area contributed by atoms with Crippen molar-refractivity contribution in [2.24, 2.45) is 0 Å². The maximum Gasteiger partial charge on any atom is 0.260 e. The Morgan fingerprint density at radius 2 is 1.91 bits per heavy atom. The van der Waals surface area contributed by atoms with Crippen molar-refractivity contribution < 1.29 is 19.2 Å². The maximum atomic E-state index is 12.9. The van der Waals surface area contributed by atoms with Crippen LogP contribution in [0.1, 0.15) is 40.0 Å². The molecular weight excluding hydrogens is 294 g/mol. The minimum Gasteiger partial charge on any atom is -0.299 e. The van der Waals surface area contributed by atoms with Gasteiger partial charge in [-0.2, -0.15) is 0 Å². The number of Topliss-reactive ketones (excluding diaryl/α,β-unsaturated/α-hetero) is 2. The molecule has 1 amide bonds. The van der Waals surface area contributed by atoms with Gasteiger partial charge in [0.1, 0.15) is 5.78 Å². The number of aldehydes is 1. The molecule has 0 spiro atoms. The summed E-state index contributed by atoms with van der Waals surface area (Å²) in [6.07, 6.45) is 1.18. The Kier molecular flexibility index (Phi) is 2.91. The number of hydrogen-bond acceptors (Lipinski definition) is 4. The van der Waals surface area contributed by atoms with E-state index in [1.807, 2.05) is 12.1 Å². The summed E-state index contributed by atoms with van der Waals surface area (Å²) in [4.78, 5) is 49.4. The number of anilines is 1. The number of hydrogen-bond donors (Lipinski definition) is 0. The zero-order valence-corrected chi connectivity index (χ0v) is 12.2. The summed E-state index contributed by atoms with van der Waals surface area (Å²) in [6.45, 7) is 0. The van der Waals surface area contributed by atoms with Crippen LogP contribution >= 0.6 is 0 Å². The second-order valence-electron chi connectivity index (χ2n) is 5.93. The van der Waals surface area contributed by atoms with Crippen LogP contribution in [0, 0.1) is 0 Å². The van der Waals surface area contributed by atoms with Crippen LogP contribution in [-0.4, -0.2) is 29.8 Å². The van der Waals surface area contributed by atoms with Gasteiger partial charge >= 0.3 is 0 Å². The van der Waals surface area contributed by atoms with Gasteiger partial charge in [-0.1, -0.05) is 24.3 Å². The molecule has 0 radical (unpaired) electrons. The number of benzene rings is 2. The van der Waals surface area contributed by atoms with Gasteiger partial charge in [0.15, 0.2) is 12.1 Å². The Morgan fingerprint density at radius 3 is 2.65 bits per heavy atom. The number of nitrogens with zero attached hydrogens (tertiary/aromatic N) is 1. The molecule has 2 aromatic carbocycles. The summed E-state index contributed by atoms with van der Waals surface area (Å²) in [7, 11) is 0. The third-order valence-electron chi connectivity index (χ3n) is 4.63. The molecule has 1 aliphatic carbocycles. The van der Waals surface area contributed by atoms with Crippen LogP contribution in [0.2, 0.25) is 0 Å². The van der Waals surface area contributed by atoms with Gasteiger partial charge in [0.25, 0.3) is 5.91 Å². The van der Waals surface area contributed by atoms with E-state index in [2.05, 4.69) is 0 Å². The maximum absolute atomic E-state index is 12.9. The normalized spacial score (nSPS) is 20.4. The van der Waals surface area contributed by atoms with Crippen LogP contribution < -0.4 is 4.90 Å². The van der Waals surface area contributed by atoms with Gasteiger partial charge in [-0.3, -0.25) is 24.1 Å². The molecule has 1 unspecified atom stereocenters. The molecule has 1 heterocycles. The van der Waals surface area contributed by atoms with Crippen molar-refractivity contribution in [1.29, 1.82) is 0 Å². The second kappa shape index (κ2) is 4.84. The highest BCUT2D eigenvalue weighted by Crippen LogP contribution is 2.41. The standard InChI is InChI=1S/C18H13NO4/c20-9-11-5-4-10-2-1-3-14-16(10)17(11)18(23)19(14)13-7-6-12(21)8-15(13)22/h1-5,9,13H,6-8H2. The summed E-state index contributed by atoms with van der Waals surface area (Å²) >= 11 is 0. The van der Waals surface area contributed by atoms with E-state index in [1.165, 1.54) is 4.90 Å². The van der Waals surface area contributed by atoms with Crippen molar-refractivity contribution in [2.45, 2.75) is 25.3 Å². The van der Waals surface area contributed by atoms with Crippen LogP contribution in [0.4, 0.5) is 5.69 Å². The first-order valence-corrected chi connectivity index (χ1v) is 7.50. The van der Waals surface area contributed by atoms with Gasteiger partial charge in [0.05, 0.1) is 23.7 Å². The van der Waals surface area contributed by atoms with E-state index < -0.39 is 6.04 Å². The Hall–Kier alpha value is -2.82. The molecule has 0 aromatic heterocycles. The smallest absolute Gasteiger partial charge is 0.260 e. The topological polar surface area (TPSA) is 71.5 Å². The van der Waals surface area contributed by atoms with Gasteiger partial charge in [-0.05, 0) is 17.9 Å². The van der Waals surface area contributed by atoms with Crippen molar-refractivity contribution in [3.63, 3.8) is 0 Å². The monoisotopic (exact) mass is 307 g/mol. The van der Waals surface area contributed by atoms with Crippen molar-refractivity contribution in [1.82, 2.24) is 0 Å². The number of carbonyl (C=O) groups is 4. The molecular formula is C18H13NO4. The summed E-state index contributed by atoms with van der Waals surface area (Å²) in [6, 6.07) is 8.29. The third kappa shape index (κ3) is 1.86. The zero-order valence-electron chi connectivity index (χ0n) is 12.2. The van der Waals surface area contributed by atoms with Crippen molar-refractivity contribution in [2.75, 3.05) is 4.90 Å². The van der Waals surface area contributed by atoms with E-state index in [4.69, 9.17) is 0 Å². The molecule has 114 valence electrons. The Labute approximate surface area is 131 Å². The zero-order chi connectivity index (χ0) is 16.1. The molecule has 0 bridgehead atoms. The van der Waals surface area contributed by atoms with Crippen LogP contribution in [-0.2, 0) is 9.59 Å². The fraction of sp³-hybridized carbons (Fsp3) is 0.222. The van der Waals surface area contributed by atoms with Crippen molar-refractivity contribution in [3.05, 3.63) is 41.5 Å². The van der Waals surface area contributed by atoms with E-state index in [-0.39, 0.29) is 23.9 Å². The van der Waals surface area contributed by atoms with Crippen molar-refractivity contribution >= 4 is 40.2 Å². The summed E-state index contributed by atoms with van der Waals surface area (Å²) in [5.41, 5.74) is 1.34. The molecule has 4 rings (SSSR count). The van der Waals surface area contributed by atoms with E-state index in [9.17, 15) is 19.2 Å². The lowest BCUT2D eigenvalue weighted by Crippen LogP contribution is -2.46. The van der Waals surface area contributed by atoms with E-state index in [1.54, 1.807) is 18.2 Å². The van der Waals surface area contributed by atoms with Crippen LogP contribution in [0.15, 0.2) is 30.3 Å². The van der Waals surface area contributed by atoms with E-state index in [0.717, 1.165) is 5.39 Å². The molecule has 5 heteroatoms. The van der Waals surface area contributed by atoms with Crippen LogP contribution in [0.3, 0.4) is 0 Å². The average molecular weight is 307 g/mol. The quantitative estimate of drug-likeness (QED) is 0.630. The van der Waals surface area contributed by atoms with Gasteiger partial charge in [-0.25, -0.2) is 0 Å². The molecule has 0 N–H and O–H groups in total. The highest BCUT2D eigenvalue weighted by molar-refractivity contribution is 6.29. The molecule has 23 heavy (non-hydrogen) atoms. The highest BCUT2D eigenvalue weighted by atomic mass is 16.2. The molecule has 5 nitrogen and oxygen atoms in total. The second-order valence-corrected chi connectivity index (χ2v) is 5.93. The molecule has 1 aliphatic heterocycles. The van der Waals surface area contributed by atoms with Gasteiger partial charge in [0, 0.05) is 17.4 Å². The van der Waals surface area contributed by atoms with Gasteiger partial charge < -0.3 is 0 Å². The van der Waals surface area contributed by atoms with Crippen LogP contribution in [0.5, 0.6) is 0 Å². The predicted octanol–water partition coefficient (Wildman–Crippen LogP) is 2.30. The largest absolute Gasteiger partial charge is 0.299 e. The molecule has 1 saturated carbocycles. The first kappa shape index (κ1) is 13.8. The van der Waals surface area contributed by atoms with E-state index in [0.29, 0.717) is 41.3 Å². The first-order valence-electron chi connectivity index (χ1n) is 7.50. The first-order chi connectivity index (χ1) is 11.1. The molecule has 2 aromatic rings. The fourth-order valence-corrected chi connectivity index (χ4v) is 3.58. The average Bonchev–Trinajstić information content (AvgIpc) is 2.83. The lowest BCUT2D eigenvalue weighted by atomic mass is 9.91. The van der Waals surface area contributed by atoms with E-state index >= 15 is 0 Å². The minimum absolute atomic E-state index is 0.0813. The molecule has 2 aliphatic rings.